The highest BCUT2D eigenvalue weighted by Gasteiger charge is 2.19. The molecular weight excluding hydrogens is 403 g/mol. The Bertz CT molecular complexity index is 662. The predicted molar refractivity (Wildman–Crippen MR) is 127 cm³/mol. The molecule has 0 aliphatic rings. The van der Waals surface area contributed by atoms with Crippen LogP contribution >= 0.6 is 24.0 Å². The maximum absolute atomic E-state index is 10.8. The minimum Gasteiger partial charge on any atom is -0.387 e. The molecule has 0 aliphatic heterocycles. The number of benzene rings is 2. The maximum Gasteiger partial charge on any atom is 0.0917 e. The molecule has 2 unspecified atom stereocenters. The molecule has 2 aromatic rings. The minimum absolute atomic E-state index is 0. The van der Waals surface area contributed by atoms with Gasteiger partial charge in [-0.3, -0.25) is 4.90 Å². The van der Waals surface area contributed by atoms with Gasteiger partial charge >= 0.3 is 0 Å². The number of aliphatic hydroxyl groups excluding tert-OH is 1. The lowest BCUT2D eigenvalue weighted by Crippen LogP contribution is -2.36. The zero-order valence-corrected chi connectivity index (χ0v) is 19.5. The summed E-state index contributed by atoms with van der Waals surface area (Å²) in [5.74, 6) is 0. The van der Waals surface area contributed by atoms with Gasteiger partial charge in [-0.25, -0.2) is 0 Å². The summed E-state index contributed by atoms with van der Waals surface area (Å²) in [6, 6.07) is 18.4. The van der Waals surface area contributed by atoms with Crippen LogP contribution in [0.4, 0.5) is 0 Å². The van der Waals surface area contributed by atoms with Crippen molar-refractivity contribution < 1.29 is 5.11 Å². The SMILES string of the molecule is CCN(CC)CCCC(C)N(Cc1ccccc1)CC(O)c1ccc(Cl)cc1.Cl. The topological polar surface area (TPSA) is 26.7 Å². The van der Waals surface area contributed by atoms with Crippen molar-refractivity contribution in [2.45, 2.75) is 52.3 Å². The van der Waals surface area contributed by atoms with E-state index in [9.17, 15) is 5.11 Å². The second-order valence-corrected chi connectivity index (χ2v) is 7.94. The summed E-state index contributed by atoms with van der Waals surface area (Å²) in [6.07, 6.45) is 1.77. The molecule has 2 atom stereocenters. The Morgan fingerprint density at radius 1 is 0.966 bits per heavy atom. The van der Waals surface area contributed by atoms with Gasteiger partial charge in [-0.15, -0.1) is 12.4 Å². The van der Waals surface area contributed by atoms with E-state index in [4.69, 9.17) is 11.6 Å². The summed E-state index contributed by atoms with van der Waals surface area (Å²) in [6.45, 7) is 11.5. The van der Waals surface area contributed by atoms with Crippen molar-refractivity contribution in [1.82, 2.24) is 9.80 Å². The zero-order chi connectivity index (χ0) is 20.4. The maximum atomic E-state index is 10.8. The lowest BCUT2D eigenvalue weighted by molar-refractivity contribution is 0.0816. The molecule has 0 spiro atoms. The Morgan fingerprint density at radius 2 is 1.59 bits per heavy atom. The lowest BCUT2D eigenvalue weighted by atomic mass is 10.1. The monoisotopic (exact) mass is 438 g/mol. The van der Waals surface area contributed by atoms with Crippen molar-refractivity contribution in [2.75, 3.05) is 26.2 Å². The van der Waals surface area contributed by atoms with Crippen molar-refractivity contribution in [3.05, 3.63) is 70.7 Å². The molecule has 2 aromatic carbocycles. The van der Waals surface area contributed by atoms with Gasteiger partial charge in [-0.05, 0) is 62.7 Å². The number of nitrogens with zero attached hydrogens (tertiary/aromatic N) is 2. The molecule has 0 aromatic heterocycles. The molecule has 0 aliphatic carbocycles. The fourth-order valence-corrected chi connectivity index (χ4v) is 3.69. The minimum atomic E-state index is -0.522. The molecule has 3 nitrogen and oxygen atoms in total. The molecule has 1 N–H and O–H groups in total. The number of rotatable bonds is 12. The third-order valence-electron chi connectivity index (χ3n) is 5.50. The van der Waals surface area contributed by atoms with Gasteiger partial charge in [-0.2, -0.15) is 0 Å². The van der Waals surface area contributed by atoms with Crippen LogP contribution in [0.1, 0.15) is 50.8 Å². The summed E-state index contributed by atoms with van der Waals surface area (Å²) in [5, 5.41) is 11.5. The van der Waals surface area contributed by atoms with Gasteiger partial charge in [-0.1, -0.05) is 67.9 Å². The number of hydrogen-bond acceptors (Lipinski definition) is 3. The summed E-state index contributed by atoms with van der Waals surface area (Å²) in [7, 11) is 0. The third kappa shape index (κ3) is 9.06. The van der Waals surface area contributed by atoms with E-state index >= 15 is 0 Å². The molecule has 0 bridgehead atoms. The van der Waals surface area contributed by atoms with Crippen LogP contribution in [-0.4, -0.2) is 47.1 Å². The number of hydrogen-bond donors (Lipinski definition) is 1. The first kappa shape index (κ1) is 25.9. The Kier molecular flexibility index (Phi) is 12.5. The molecule has 29 heavy (non-hydrogen) atoms. The van der Waals surface area contributed by atoms with E-state index in [2.05, 4.69) is 54.8 Å². The van der Waals surface area contributed by atoms with E-state index in [1.54, 1.807) is 0 Å². The number of halogens is 2. The molecule has 0 saturated heterocycles. The Morgan fingerprint density at radius 3 is 2.17 bits per heavy atom. The Balaban J connectivity index is 0.00000420. The van der Waals surface area contributed by atoms with Gasteiger partial charge in [0.1, 0.15) is 0 Å². The van der Waals surface area contributed by atoms with Gasteiger partial charge in [0.2, 0.25) is 0 Å². The first-order valence-electron chi connectivity index (χ1n) is 10.5. The van der Waals surface area contributed by atoms with Gasteiger partial charge in [0, 0.05) is 24.2 Å². The zero-order valence-electron chi connectivity index (χ0n) is 17.9. The fraction of sp³-hybridized carbons (Fsp3) is 0.500. The average Bonchev–Trinajstić information content (AvgIpc) is 2.71. The van der Waals surface area contributed by atoms with Crippen molar-refractivity contribution in [2.24, 2.45) is 0 Å². The first-order chi connectivity index (χ1) is 13.5. The van der Waals surface area contributed by atoms with Crippen LogP contribution < -0.4 is 0 Å². The van der Waals surface area contributed by atoms with Gasteiger partial charge < -0.3 is 10.0 Å². The van der Waals surface area contributed by atoms with Crippen LogP contribution in [0.2, 0.25) is 5.02 Å². The predicted octanol–water partition coefficient (Wildman–Crippen LogP) is 5.81. The first-order valence-corrected chi connectivity index (χ1v) is 10.8. The summed E-state index contributed by atoms with van der Waals surface area (Å²) in [4.78, 5) is 4.87. The third-order valence-corrected chi connectivity index (χ3v) is 5.76. The molecule has 0 radical (unpaired) electrons. The van der Waals surface area contributed by atoms with Crippen molar-refractivity contribution in [3.8, 4) is 0 Å². The smallest absolute Gasteiger partial charge is 0.0917 e. The molecule has 162 valence electrons. The quantitative estimate of drug-likeness (QED) is 0.452. The Labute approximate surface area is 188 Å². The standard InChI is InChI=1S/C24H35ClN2O.ClH/c1-4-26(5-2)17-9-10-20(3)27(18-21-11-7-6-8-12-21)19-24(28)22-13-15-23(25)16-14-22;/h6-8,11-16,20,24,28H,4-5,9-10,17-19H2,1-3H3;1H. The van der Waals surface area contributed by atoms with E-state index in [0.717, 1.165) is 38.2 Å². The molecule has 0 saturated carbocycles. The Hall–Kier alpha value is -1.10. The van der Waals surface area contributed by atoms with Crippen LogP contribution in [0.25, 0.3) is 0 Å². The lowest BCUT2D eigenvalue weighted by Gasteiger charge is -2.32. The van der Waals surface area contributed by atoms with Gasteiger partial charge in [0.05, 0.1) is 6.10 Å². The van der Waals surface area contributed by atoms with Crippen LogP contribution in [-0.2, 0) is 6.54 Å². The summed E-state index contributed by atoms with van der Waals surface area (Å²) < 4.78 is 0. The van der Waals surface area contributed by atoms with E-state index in [1.165, 1.54) is 12.0 Å². The molecular formula is C24H36Cl2N2O. The van der Waals surface area contributed by atoms with E-state index < -0.39 is 6.10 Å². The van der Waals surface area contributed by atoms with Crippen LogP contribution in [0, 0.1) is 0 Å². The highest BCUT2D eigenvalue weighted by Crippen LogP contribution is 2.21. The van der Waals surface area contributed by atoms with E-state index in [0.29, 0.717) is 17.6 Å². The fourth-order valence-electron chi connectivity index (χ4n) is 3.56. The second-order valence-electron chi connectivity index (χ2n) is 7.50. The van der Waals surface area contributed by atoms with Crippen molar-refractivity contribution in [3.63, 3.8) is 0 Å². The molecule has 0 heterocycles. The summed E-state index contributed by atoms with van der Waals surface area (Å²) in [5.41, 5.74) is 2.19. The average molecular weight is 439 g/mol. The van der Waals surface area contributed by atoms with E-state index in [-0.39, 0.29) is 12.4 Å². The molecule has 0 amide bonds. The van der Waals surface area contributed by atoms with Crippen molar-refractivity contribution in [1.29, 1.82) is 0 Å². The molecule has 2 rings (SSSR count). The largest absolute Gasteiger partial charge is 0.387 e. The van der Waals surface area contributed by atoms with Crippen LogP contribution in [0.5, 0.6) is 0 Å². The number of aliphatic hydroxyl groups is 1. The highest BCUT2D eigenvalue weighted by atomic mass is 35.5. The molecule has 5 heteroatoms. The summed E-state index contributed by atoms with van der Waals surface area (Å²) >= 11 is 5.99. The van der Waals surface area contributed by atoms with Gasteiger partial charge in [0.15, 0.2) is 0 Å². The second kappa shape index (κ2) is 14.0. The van der Waals surface area contributed by atoms with Crippen LogP contribution in [0.15, 0.2) is 54.6 Å². The normalized spacial score (nSPS) is 13.3. The van der Waals surface area contributed by atoms with E-state index in [1.807, 2.05) is 30.3 Å². The highest BCUT2D eigenvalue weighted by molar-refractivity contribution is 6.30. The van der Waals surface area contributed by atoms with Crippen LogP contribution in [0.3, 0.4) is 0 Å². The molecule has 0 fully saturated rings. The van der Waals surface area contributed by atoms with Crippen molar-refractivity contribution >= 4 is 24.0 Å². The van der Waals surface area contributed by atoms with Gasteiger partial charge in [0.25, 0.3) is 0 Å².